The summed E-state index contributed by atoms with van der Waals surface area (Å²) in [6.45, 7) is -1.16. The zero-order valence-electron chi connectivity index (χ0n) is 8.79. The Morgan fingerprint density at radius 3 is 2.88 bits per heavy atom. The average Bonchev–Trinajstić information content (AvgIpc) is 2.27. The van der Waals surface area contributed by atoms with E-state index in [1.165, 1.54) is 18.3 Å². The highest BCUT2D eigenvalue weighted by atomic mass is 19.4. The first kappa shape index (κ1) is 13.3. The smallest absolute Gasteiger partial charge is 0.370 e. The maximum atomic E-state index is 11.7. The second-order valence-electron chi connectivity index (χ2n) is 3.14. The number of nitriles is 1. The van der Waals surface area contributed by atoms with E-state index in [-0.39, 0.29) is 13.2 Å². The molecule has 0 atom stereocenters. The summed E-state index contributed by atoms with van der Waals surface area (Å²) < 4.78 is 39.5. The van der Waals surface area contributed by atoms with Gasteiger partial charge in [0.25, 0.3) is 0 Å². The quantitative estimate of drug-likeness (QED) is 0.805. The topological polar surface area (TPSA) is 57.9 Å². The molecule has 0 fully saturated rings. The normalized spacial score (nSPS) is 10.9. The molecule has 0 unspecified atom stereocenters. The maximum Gasteiger partial charge on any atom is 0.411 e. The van der Waals surface area contributed by atoms with Gasteiger partial charge in [-0.3, -0.25) is 0 Å². The van der Waals surface area contributed by atoms with Gasteiger partial charge in [0.1, 0.15) is 12.4 Å². The maximum absolute atomic E-state index is 11.7. The van der Waals surface area contributed by atoms with E-state index in [1.807, 2.05) is 6.07 Å². The number of alkyl halides is 3. The van der Waals surface area contributed by atoms with Crippen LogP contribution in [0.5, 0.6) is 0 Å². The molecule has 0 spiro atoms. The predicted octanol–water partition coefficient (Wildman–Crippen LogP) is 1.94. The summed E-state index contributed by atoms with van der Waals surface area (Å²) in [5.41, 5.74) is 0.429. The fourth-order valence-electron chi connectivity index (χ4n) is 1.04. The third-order valence-electron chi connectivity index (χ3n) is 1.71. The van der Waals surface area contributed by atoms with Gasteiger partial charge in [0.15, 0.2) is 0 Å². The molecule has 1 heterocycles. The minimum Gasteiger partial charge on any atom is -0.370 e. The molecule has 17 heavy (non-hydrogen) atoms. The number of aromatic nitrogens is 1. The van der Waals surface area contributed by atoms with E-state index in [9.17, 15) is 13.2 Å². The van der Waals surface area contributed by atoms with Crippen LogP contribution in [0.2, 0.25) is 0 Å². The number of hydrogen-bond acceptors (Lipinski definition) is 4. The highest BCUT2D eigenvalue weighted by Gasteiger charge is 2.27. The number of halogens is 3. The second kappa shape index (κ2) is 6.06. The first-order chi connectivity index (χ1) is 8.01. The van der Waals surface area contributed by atoms with E-state index < -0.39 is 12.8 Å². The van der Waals surface area contributed by atoms with Crippen LogP contribution in [-0.4, -0.2) is 30.9 Å². The fraction of sp³-hybridized carbons (Fsp3) is 0.400. The number of anilines is 1. The summed E-state index contributed by atoms with van der Waals surface area (Å²) in [4.78, 5) is 3.89. The number of pyridine rings is 1. The molecule has 0 amide bonds. The molecule has 0 bridgehead atoms. The Morgan fingerprint density at radius 1 is 1.47 bits per heavy atom. The molecule has 0 aliphatic carbocycles. The van der Waals surface area contributed by atoms with Crippen molar-refractivity contribution in [3.05, 3.63) is 23.9 Å². The minimum atomic E-state index is -4.31. The van der Waals surface area contributed by atoms with Crippen LogP contribution in [0.1, 0.15) is 5.56 Å². The molecule has 0 aliphatic rings. The molecular weight excluding hydrogens is 235 g/mol. The fourth-order valence-corrected chi connectivity index (χ4v) is 1.04. The van der Waals surface area contributed by atoms with Crippen LogP contribution in [0, 0.1) is 11.3 Å². The number of nitrogens with zero attached hydrogens (tertiary/aromatic N) is 2. The molecule has 4 nitrogen and oxygen atoms in total. The molecule has 1 rings (SSSR count). The van der Waals surface area contributed by atoms with Crippen molar-refractivity contribution < 1.29 is 17.9 Å². The third kappa shape index (κ3) is 5.73. The molecular formula is C10H10F3N3O. The van der Waals surface area contributed by atoms with Crippen LogP contribution in [0.3, 0.4) is 0 Å². The van der Waals surface area contributed by atoms with Crippen LogP contribution >= 0.6 is 0 Å². The molecule has 0 aromatic carbocycles. The van der Waals surface area contributed by atoms with Crippen LogP contribution < -0.4 is 5.32 Å². The molecule has 0 saturated heterocycles. The van der Waals surface area contributed by atoms with Crippen molar-refractivity contribution in [2.45, 2.75) is 6.18 Å². The average molecular weight is 245 g/mol. The monoisotopic (exact) mass is 245 g/mol. The van der Waals surface area contributed by atoms with Crippen molar-refractivity contribution in [3.8, 4) is 6.07 Å². The highest BCUT2D eigenvalue weighted by molar-refractivity contribution is 5.42. The Balaban J connectivity index is 2.25. The van der Waals surface area contributed by atoms with Gasteiger partial charge in [-0.2, -0.15) is 18.4 Å². The van der Waals surface area contributed by atoms with Gasteiger partial charge in [-0.25, -0.2) is 4.98 Å². The number of nitrogens with one attached hydrogen (secondary N) is 1. The molecule has 0 radical (unpaired) electrons. The van der Waals surface area contributed by atoms with E-state index in [0.717, 1.165) is 0 Å². The zero-order valence-corrected chi connectivity index (χ0v) is 8.79. The Bertz CT molecular complexity index is 401. The van der Waals surface area contributed by atoms with Crippen LogP contribution in [0.15, 0.2) is 18.3 Å². The third-order valence-corrected chi connectivity index (χ3v) is 1.71. The van der Waals surface area contributed by atoms with Gasteiger partial charge in [-0.05, 0) is 12.1 Å². The van der Waals surface area contributed by atoms with Crippen molar-refractivity contribution in [2.24, 2.45) is 0 Å². The lowest BCUT2D eigenvalue weighted by atomic mass is 10.3. The number of rotatable bonds is 5. The van der Waals surface area contributed by atoms with Gasteiger partial charge < -0.3 is 10.1 Å². The molecule has 1 aromatic heterocycles. The summed E-state index contributed by atoms with van der Waals surface area (Å²) in [6, 6.07) is 4.97. The first-order valence-corrected chi connectivity index (χ1v) is 4.76. The molecule has 1 N–H and O–H groups in total. The SMILES string of the molecule is N#Cc1ccnc(NCCOCC(F)(F)F)c1. The zero-order chi connectivity index (χ0) is 12.7. The van der Waals surface area contributed by atoms with Crippen molar-refractivity contribution in [1.82, 2.24) is 4.98 Å². The predicted molar refractivity (Wildman–Crippen MR) is 54.3 cm³/mol. The molecule has 0 saturated carbocycles. The lowest BCUT2D eigenvalue weighted by Crippen LogP contribution is -2.20. The van der Waals surface area contributed by atoms with Gasteiger partial charge in [0.05, 0.1) is 18.2 Å². The van der Waals surface area contributed by atoms with Crippen molar-refractivity contribution in [2.75, 3.05) is 25.1 Å². The molecule has 92 valence electrons. The summed E-state index contributed by atoms with van der Waals surface area (Å²) >= 11 is 0. The van der Waals surface area contributed by atoms with Crippen molar-refractivity contribution in [1.29, 1.82) is 5.26 Å². The lowest BCUT2D eigenvalue weighted by molar-refractivity contribution is -0.172. The van der Waals surface area contributed by atoms with Crippen LogP contribution in [-0.2, 0) is 4.74 Å². The Labute approximate surface area is 96.0 Å². The number of hydrogen-bond donors (Lipinski definition) is 1. The summed E-state index contributed by atoms with van der Waals surface area (Å²) in [5.74, 6) is 0.430. The standard InChI is InChI=1S/C10H10F3N3O/c11-10(12,13)7-17-4-3-16-9-5-8(6-14)1-2-15-9/h1-2,5H,3-4,7H2,(H,15,16). The van der Waals surface area contributed by atoms with Gasteiger partial charge >= 0.3 is 6.18 Å². The summed E-state index contributed by atoms with van der Waals surface area (Å²) in [7, 11) is 0. The van der Waals surface area contributed by atoms with Crippen LogP contribution in [0.4, 0.5) is 19.0 Å². The molecule has 7 heteroatoms. The second-order valence-corrected chi connectivity index (χ2v) is 3.14. The van der Waals surface area contributed by atoms with Gasteiger partial charge in [0.2, 0.25) is 0 Å². The van der Waals surface area contributed by atoms with E-state index in [0.29, 0.717) is 11.4 Å². The minimum absolute atomic E-state index is 0.0853. The van der Waals surface area contributed by atoms with E-state index in [1.54, 1.807) is 0 Å². The van der Waals surface area contributed by atoms with Gasteiger partial charge in [-0.1, -0.05) is 0 Å². The summed E-state index contributed by atoms with van der Waals surface area (Å²) in [5, 5.41) is 11.4. The summed E-state index contributed by atoms with van der Waals surface area (Å²) in [6.07, 6.45) is -2.86. The largest absolute Gasteiger partial charge is 0.411 e. The van der Waals surface area contributed by atoms with Crippen LogP contribution in [0.25, 0.3) is 0 Å². The molecule has 1 aromatic rings. The van der Waals surface area contributed by atoms with E-state index in [4.69, 9.17) is 5.26 Å². The van der Waals surface area contributed by atoms with E-state index in [2.05, 4.69) is 15.0 Å². The lowest BCUT2D eigenvalue weighted by Gasteiger charge is -2.08. The number of ether oxygens (including phenoxy) is 1. The van der Waals surface area contributed by atoms with Gasteiger partial charge in [0, 0.05) is 12.7 Å². The Morgan fingerprint density at radius 2 is 2.24 bits per heavy atom. The highest BCUT2D eigenvalue weighted by Crippen LogP contribution is 2.14. The first-order valence-electron chi connectivity index (χ1n) is 4.76. The Kier molecular flexibility index (Phi) is 4.72. The van der Waals surface area contributed by atoms with Crippen molar-refractivity contribution >= 4 is 5.82 Å². The Hall–Kier alpha value is -1.81. The molecule has 0 aliphatic heterocycles. The van der Waals surface area contributed by atoms with E-state index >= 15 is 0 Å². The van der Waals surface area contributed by atoms with Gasteiger partial charge in [-0.15, -0.1) is 0 Å². The van der Waals surface area contributed by atoms with Crippen molar-refractivity contribution in [3.63, 3.8) is 0 Å².